The van der Waals surface area contributed by atoms with Crippen molar-refractivity contribution in [3.8, 4) is 0 Å². The van der Waals surface area contributed by atoms with E-state index in [1.54, 1.807) is 0 Å². The van der Waals surface area contributed by atoms with Crippen LogP contribution in [0.25, 0.3) is 0 Å². The van der Waals surface area contributed by atoms with Crippen LogP contribution in [0.4, 0.5) is 0 Å². The predicted octanol–water partition coefficient (Wildman–Crippen LogP) is 2.49. The molecule has 1 unspecified atom stereocenters. The van der Waals surface area contributed by atoms with Crippen LogP contribution >= 0.6 is 0 Å². The molecule has 1 aromatic carbocycles. The molecule has 1 aliphatic heterocycles. The Bertz CT molecular complexity index is 757. The van der Waals surface area contributed by atoms with Crippen molar-refractivity contribution in [2.45, 2.75) is 39.4 Å². The average Bonchev–Trinajstić information content (AvgIpc) is 2.97. The Morgan fingerprint density at radius 1 is 1.33 bits per heavy atom. The maximum Gasteiger partial charge on any atom is 0.245 e. The molecule has 0 spiro atoms. The van der Waals surface area contributed by atoms with E-state index < -0.39 is 0 Å². The number of hydrogen-bond donors (Lipinski definition) is 0. The molecule has 0 saturated heterocycles. The van der Waals surface area contributed by atoms with Crippen molar-refractivity contribution in [3.63, 3.8) is 0 Å². The van der Waals surface area contributed by atoms with Crippen molar-refractivity contribution >= 4 is 5.91 Å². The molecule has 0 fully saturated rings. The second kappa shape index (κ2) is 6.69. The fraction of sp³-hybridized carbons (Fsp3) is 0.421. The number of carbonyl (C=O) groups excluding carboxylic acids is 1. The number of fused-ring (bicyclic) bond motifs is 1. The maximum absolute atomic E-state index is 13.2. The highest BCUT2D eigenvalue weighted by molar-refractivity contribution is 5.83. The normalized spacial score (nSPS) is 14.8. The smallest absolute Gasteiger partial charge is 0.245 e. The molecule has 1 atom stereocenters. The van der Waals surface area contributed by atoms with Gasteiger partial charge in [-0.05, 0) is 26.6 Å². The lowest BCUT2D eigenvalue weighted by Crippen LogP contribution is -2.37. The minimum absolute atomic E-state index is 0.113. The van der Waals surface area contributed by atoms with Gasteiger partial charge in [0.05, 0.1) is 12.2 Å². The number of carbonyl (C=O) groups is 1. The van der Waals surface area contributed by atoms with E-state index in [9.17, 15) is 4.79 Å². The lowest BCUT2D eigenvalue weighted by atomic mass is 10.0. The van der Waals surface area contributed by atoms with Gasteiger partial charge in [-0.3, -0.25) is 9.69 Å². The summed E-state index contributed by atoms with van der Waals surface area (Å²) in [5, 5.41) is 0. The van der Waals surface area contributed by atoms with Crippen LogP contribution in [0.3, 0.4) is 0 Å². The summed E-state index contributed by atoms with van der Waals surface area (Å²) < 4.78 is 0. The third-order valence-corrected chi connectivity index (χ3v) is 4.44. The lowest BCUT2D eigenvalue weighted by Gasteiger charge is -2.28. The van der Waals surface area contributed by atoms with Gasteiger partial charge in [-0.15, -0.1) is 0 Å². The van der Waals surface area contributed by atoms with E-state index in [4.69, 9.17) is 0 Å². The third-order valence-electron chi connectivity index (χ3n) is 4.44. The number of aromatic nitrogens is 2. The van der Waals surface area contributed by atoms with Gasteiger partial charge in [0.1, 0.15) is 11.9 Å². The summed E-state index contributed by atoms with van der Waals surface area (Å²) in [6.45, 7) is 5.25. The summed E-state index contributed by atoms with van der Waals surface area (Å²) in [4.78, 5) is 25.9. The first kappa shape index (κ1) is 16.6. The molecule has 0 saturated carbocycles. The van der Waals surface area contributed by atoms with Crippen molar-refractivity contribution in [3.05, 3.63) is 58.7 Å². The first-order chi connectivity index (χ1) is 11.5. The van der Waals surface area contributed by atoms with E-state index >= 15 is 0 Å². The van der Waals surface area contributed by atoms with Gasteiger partial charge in [0.15, 0.2) is 0 Å². The van der Waals surface area contributed by atoms with E-state index in [0.29, 0.717) is 13.1 Å². The van der Waals surface area contributed by atoms with Gasteiger partial charge in [0.25, 0.3) is 0 Å². The minimum atomic E-state index is -0.280. The van der Waals surface area contributed by atoms with Crippen LogP contribution in [0.2, 0.25) is 0 Å². The Morgan fingerprint density at radius 2 is 2.12 bits per heavy atom. The quantitative estimate of drug-likeness (QED) is 0.867. The topological polar surface area (TPSA) is 49.3 Å². The molecule has 1 aromatic heterocycles. The van der Waals surface area contributed by atoms with Gasteiger partial charge < -0.3 is 4.90 Å². The Labute approximate surface area is 143 Å². The monoisotopic (exact) mass is 324 g/mol. The zero-order valence-electron chi connectivity index (χ0n) is 14.8. The molecule has 0 radical (unpaired) electrons. The van der Waals surface area contributed by atoms with Gasteiger partial charge >= 0.3 is 0 Å². The van der Waals surface area contributed by atoms with Gasteiger partial charge in [-0.25, -0.2) is 9.97 Å². The van der Waals surface area contributed by atoms with Gasteiger partial charge in [-0.1, -0.05) is 36.8 Å². The van der Waals surface area contributed by atoms with E-state index in [-0.39, 0.29) is 11.9 Å². The summed E-state index contributed by atoms with van der Waals surface area (Å²) in [7, 11) is 3.90. The molecule has 1 aliphatic rings. The summed E-state index contributed by atoms with van der Waals surface area (Å²) in [6, 6.07) is 7.88. The van der Waals surface area contributed by atoms with E-state index in [0.717, 1.165) is 34.6 Å². The van der Waals surface area contributed by atoms with E-state index in [1.165, 1.54) is 0 Å². The average molecular weight is 324 g/mol. The highest BCUT2D eigenvalue weighted by atomic mass is 16.2. The van der Waals surface area contributed by atoms with Crippen molar-refractivity contribution in [2.24, 2.45) is 0 Å². The second-order valence-corrected chi connectivity index (χ2v) is 6.59. The fourth-order valence-electron chi connectivity index (χ4n) is 3.20. The second-order valence-electron chi connectivity index (χ2n) is 6.59. The highest BCUT2D eigenvalue weighted by Gasteiger charge is 2.32. The number of likely N-dealkylation sites (N-methyl/N-ethyl adjacent to an activating group) is 1. The molecule has 2 heterocycles. The number of rotatable bonds is 4. The third kappa shape index (κ3) is 3.17. The summed E-state index contributed by atoms with van der Waals surface area (Å²) in [5.74, 6) is 0.951. The fourth-order valence-corrected chi connectivity index (χ4v) is 3.20. The van der Waals surface area contributed by atoms with Crippen LogP contribution in [0.15, 0.2) is 30.5 Å². The zero-order valence-corrected chi connectivity index (χ0v) is 14.8. The van der Waals surface area contributed by atoms with Crippen LogP contribution in [0, 0.1) is 6.92 Å². The highest BCUT2D eigenvalue weighted by Crippen LogP contribution is 2.27. The van der Waals surface area contributed by atoms with Crippen molar-refractivity contribution in [1.29, 1.82) is 0 Å². The predicted molar refractivity (Wildman–Crippen MR) is 93.3 cm³/mol. The summed E-state index contributed by atoms with van der Waals surface area (Å²) in [6.07, 6.45) is 2.68. The summed E-state index contributed by atoms with van der Waals surface area (Å²) in [5.41, 5.74) is 4.23. The standard InChI is InChI=1S/C19H24N4O/c1-5-17-20-10-15-11-23(12-16(15)21-17)19(24)18(22(3)4)14-8-6-7-13(2)9-14/h6-10,18H,5,11-12H2,1-4H3. The van der Waals surface area contributed by atoms with Gasteiger partial charge in [-0.2, -0.15) is 0 Å². The molecule has 24 heavy (non-hydrogen) atoms. The van der Waals surface area contributed by atoms with Crippen LogP contribution < -0.4 is 0 Å². The van der Waals surface area contributed by atoms with Gasteiger partial charge in [0, 0.05) is 24.7 Å². The first-order valence-electron chi connectivity index (χ1n) is 8.35. The van der Waals surface area contributed by atoms with Crippen molar-refractivity contribution in [2.75, 3.05) is 14.1 Å². The zero-order chi connectivity index (χ0) is 17.3. The van der Waals surface area contributed by atoms with Gasteiger partial charge in [0.2, 0.25) is 5.91 Å². The summed E-state index contributed by atoms with van der Waals surface area (Å²) >= 11 is 0. The number of benzene rings is 1. The maximum atomic E-state index is 13.2. The molecule has 0 aliphatic carbocycles. The van der Waals surface area contributed by atoms with Crippen LogP contribution in [0.1, 0.15) is 41.2 Å². The molecule has 2 aromatic rings. The van der Waals surface area contributed by atoms with Crippen molar-refractivity contribution < 1.29 is 4.79 Å². The Hall–Kier alpha value is -2.27. The van der Waals surface area contributed by atoms with Crippen molar-refractivity contribution in [1.82, 2.24) is 19.8 Å². The van der Waals surface area contributed by atoms with Crippen LogP contribution in [0.5, 0.6) is 0 Å². The molecule has 1 amide bonds. The first-order valence-corrected chi connectivity index (χ1v) is 8.35. The molecular weight excluding hydrogens is 300 g/mol. The number of hydrogen-bond acceptors (Lipinski definition) is 4. The van der Waals surface area contributed by atoms with E-state index in [2.05, 4.69) is 16.0 Å². The number of aryl methyl sites for hydroxylation is 2. The Kier molecular flexibility index (Phi) is 4.62. The molecule has 126 valence electrons. The van der Waals surface area contributed by atoms with Crippen LogP contribution in [-0.2, 0) is 24.3 Å². The molecule has 0 bridgehead atoms. The number of nitrogens with zero attached hydrogens (tertiary/aromatic N) is 4. The lowest BCUT2D eigenvalue weighted by molar-refractivity contribution is -0.137. The SMILES string of the molecule is CCc1ncc2c(n1)CN(C(=O)C(c1cccc(C)c1)N(C)C)C2. The molecule has 5 nitrogen and oxygen atoms in total. The molecule has 3 rings (SSSR count). The minimum Gasteiger partial charge on any atom is -0.331 e. The van der Waals surface area contributed by atoms with E-state index in [1.807, 2.05) is 62.1 Å². The Balaban J connectivity index is 1.85. The number of amides is 1. The molecular formula is C19H24N4O. The van der Waals surface area contributed by atoms with Crippen LogP contribution in [-0.4, -0.2) is 39.8 Å². The Morgan fingerprint density at radius 3 is 2.79 bits per heavy atom. The molecule has 5 heteroatoms. The largest absolute Gasteiger partial charge is 0.331 e. The molecule has 0 N–H and O–H groups in total.